The summed E-state index contributed by atoms with van der Waals surface area (Å²) >= 11 is 12.4. The van der Waals surface area contributed by atoms with Crippen LogP contribution in [0, 0.1) is 5.82 Å². The first-order chi connectivity index (χ1) is 14.0. The van der Waals surface area contributed by atoms with Crippen molar-refractivity contribution in [3.63, 3.8) is 0 Å². The molecule has 1 N–H and O–H groups in total. The Bertz CT molecular complexity index is 992. The summed E-state index contributed by atoms with van der Waals surface area (Å²) in [6.07, 6.45) is 1.69. The minimum atomic E-state index is -0.453. The predicted octanol–water partition coefficient (Wildman–Crippen LogP) is 4.50. The average Bonchev–Trinajstić information content (AvgIpc) is 3.14. The topological polar surface area (TPSA) is 74.1 Å². The molecule has 29 heavy (non-hydrogen) atoms. The molecule has 0 aliphatic carbocycles. The summed E-state index contributed by atoms with van der Waals surface area (Å²) in [5.41, 5.74) is 1.06. The predicted molar refractivity (Wildman–Crippen MR) is 109 cm³/mol. The summed E-state index contributed by atoms with van der Waals surface area (Å²) in [5, 5.41) is 15.1. The molecule has 0 atom stereocenters. The van der Waals surface area contributed by atoms with E-state index in [-0.39, 0.29) is 17.2 Å². The van der Waals surface area contributed by atoms with Gasteiger partial charge in [0.05, 0.1) is 23.7 Å². The van der Waals surface area contributed by atoms with E-state index in [0.717, 1.165) is 5.56 Å². The second-order valence-electron chi connectivity index (χ2n) is 5.92. The van der Waals surface area contributed by atoms with Crippen molar-refractivity contribution >= 4 is 29.2 Å². The molecule has 1 heterocycles. The van der Waals surface area contributed by atoms with Crippen LogP contribution in [-0.4, -0.2) is 27.3 Å². The van der Waals surface area contributed by atoms with Gasteiger partial charge in [-0.25, -0.2) is 9.07 Å². The molecule has 152 valence electrons. The molecular weight excluding hydrogens is 420 g/mol. The van der Waals surface area contributed by atoms with Crippen LogP contribution in [0.3, 0.4) is 0 Å². The second kappa shape index (κ2) is 9.58. The van der Waals surface area contributed by atoms with Crippen LogP contribution in [-0.2, 0) is 19.7 Å². The summed E-state index contributed by atoms with van der Waals surface area (Å²) in [6, 6.07) is 7.92. The fourth-order valence-electron chi connectivity index (χ4n) is 2.59. The molecule has 0 saturated heterocycles. The number of benzene rings is 2. The third-order valence-corrected chi connectivity index (χ3v) is 4.63. The minimum Gasteiger partial charge on any atom is -0.493 e. The van der Waals surface area contributed by atoms with Crippen molar-refractivity contribution in [2.45, 2.75) is 19.7 Å². The molecule has 0 bridgehead atoms. The number of methoxy groups -OCH3 is 1. The first-order valence-corrected chi connectivity index (χ1v) is 9.32. The zero-order chi connectivity index (χ0) is 20.8. The maximum atomic E-state index is 14.0. The zero-order valence-electron chi connectivity index (χ0n) is 15.5. The summed E-state index contributed by atoms with van der Waals surface area (Å²) < 4.78 is 26.6. The van der Waals surface area contributed by atoms with Crippen LogP contribution >= 0.6 is 23.2 Å². The Morgan fingerprint density at radius 1 is 1.28 bits per heavy atom. The van der Waals surface area contributed by atoms with Crippen LogP contribution in [0.5, 0.6) is 11.5 Å². The van der Waals surface area contributed by atoms with Gasteiger partial charge in [-0.05, 0) is 40.3 Å². The monoisotopic (exact) mass is 437 g/mol. The van der Waals surface area contributed by atoms with E-state index in [1.165, 1.54) is 19.2 Å². The molecule has 0 aliphatic rings. The fraction of sp³-hybridized carbons (Fsp3) is 0.211. The molecule has 0 amide bonds. The highest BCUT2D eigenvalue weighted by molar-refractivity contribution is 6.32. The molecule has 0 fully saturated rings. The summed E-state index contributed by atoms with van der Waals surface area (Å²) in [4.78, 5) is 0. The Hall–Kier alpha value is -2.84. The second-order valence-corrected chi connectivity index (χ2v) is 6.74. The molecule has 0 aliphatic heterocycles. The number of nitrogens with one attached hydrogen (secondary N) is 1. The number of hydrogen-bond donors (Lipinski definition) is 1. The Morgan fingerprint density at radius 2 is 2.10 bits per heavy atom. The molecule has 0 radical (unpaired) electrons. The number of tetrazole rings is 1. The lowest BCUT2D eigenvalue weighted by Gasteiger charge is -2.15. The van der Waals surface area contributed by atoms with Gasteiger partial charge in [0.1, 0.15) is 12.4 Å². The van der Waals surface area contributed by atoms with Gasteiger partial charge in [0, 0.05) is 12.1 Å². The van der Waals surface area contributed by atoms with Crippen LogP contribution in [0.25, 0.3) is 0 Å². The van der Waals surface area contributed by atoms with E-state index in [9.17, 15) is 4.39 Å². The lowest BCUT2D eigenvalue weighted by atomic mass is 10.2. The van der Waals surface area contributed by atoms with Crippen molar-refractivity contribution in [2.75, 3.05) is 12.4 Å². The standard InChI is InChI=1S/C19H18Cl2FN5O2/c1-3-7-27-19(24-25-26-27)23-10-12-8-15(21)18(17(9-12)28-2)29-11-13-14(20)5-4-6-16(13)22/h3-6,8-9H,1,7,10-11H2,2H3,(H,23,24,26). The molecule has 0 unspecified atom stereocenters. The third kappa shape index (κ3) is 4.96. The molecule has 0 spiro atoms. The molecular formula is C19H18Cl2FN5O2. The van der Waals surface area contributed by atoms with E-state index in [4.69, 9.17) is 32.7 Å². The first kappa shape index (κ1) is 20.9. The van der Waals surface area contributed by atoms with Crippen LogP contribution < -0.4 is 14.8 Å². The Labute approximate surface area is 177 Å². The Balaban J connectivity index is 1.75. The van der Waals surface area contributed by atoms with Gasteiger partial charge in [-0.3, -0.25) is 0 Å². The SMILES string of the molecule is C=CCn1nnnc1NCc1cc(Cl)c(OCc2c(F)cccc2Cl)c(OC)c1. The van der Waals surface area contributed by atoms with Gasteiger partial charge in [-0.15, -0.1) is 6.58 Å². The van der Waals surface area contributed by atoms with Crippen molar-refractivity contribution < 1.29 is 13.9 Å². The van der Waals surface area contributed by atoms with E-state index in [1.807, 2.05) is 0 Å². The van der Waals surface area contributed by atoms with E-state index in [0.29, 0.717) is 35.6 Å². The highest BCUT2D eigenvalue weighted by Crippen LogP contribution is 2.37. The number of hydrogen-bond acceptors (Lipinski definition) is 6. The number of aromatic nitrogens is 4. The third-order valence-electron chi connectivity index (χ3n) is 4.00. The van der Waals surface area contributed by atoms with Gasteiger partial charge in [0.2, 0.25) is 5.95 Å². The van der Waals surface area contributed by atoms with Crippen molar-refractivity contribution in [3.8, 4) is 11.5 Å². The maximum Gasteiger partial charge on any atom is 0.243 e. The largest absolute Gasteiger partial charge is 0.493 e. The normalized spacial score (nSPS) is 10.6. The van der Waals surface area contributed by atoms with Crippen molar-refractivity contribution in [3.05, 3.63) is 70.0 Å². The number of rotatable bonds is 9. The quantitative estimate of drug-likeness (QED) is 0.496. The molecule has 3 aromatic rings. The summed E-state index contributed by atoms with van der Waals surface area (Å²) in [6.45, 7) is 4.45. The average molecular weight is 438 g/mol. The number of allylic oxidation sites excluding steroid dienone is 1. The van der Waals surface area contributed by atoms with E-state index in [2.05, 4.69) is 27.4 Å². The Morgan fingerprint density at radius 3 is 2.83 bits per heavy atom. The molecule has 10 heteroatoms. The van der Waals surface area contributed by atoms with Crippen LogP contribution in [0.4, 0.5) is 10.3 Å². The molecule has 1 aromatic heterocycles. The summed E-state index contributed by atoms with van der Waals surface area (Å²) in [7, 11) is 1.50. The van der Waals surface area contributed by atoms with Crippen molar-refractivity contribution in [1.82, 2.24) is 20.2 Å². The Kier molecular flexibility index (Phi) is 6.90. The first-order valence-electron chi connectivity index (χ1n) is 8.56. The van der Waals surface area contributed by atoms with Crippen LogP contribution in [0.2, 0.25) is 10.0 Å². The van der Waals surface area contributed by atoms with Gasteiger partial charge in [-0.1, -0.05) is 40.4 Å². The van der Waals surface area contributed by atoms with Crippen LogP contribution in [0.1, 0.15) is 11.1 Å². The van der Waals surface area contributed by atoms with Gasteiger partial charge in [-0.2, -0.15) is 0 Å². The molecule has 3 rings (SSSR count). The van der Waals surface area contributed by atoms with Crippen LogP contribution in [0.15, 0.2) is 43.0 Å². The zero-order valence-corrected chi connectivity index (χ0v) is 17.0. The van der Waals surface area contributed by atoms with Crippen molar-refractivity contribution in [1.29, 1.82) is 0 Å². The lowest BCUT2D eigenvalue weighted by Crippen LogP contribution is -2.08. The van der Waals surface area contributed by atoms with Gasteiger partial charge >= 0.3 is 0 Å². The highest BCUT2D eigenvalue weighted by atomic mass is 35.5. The molecule has 0 saturated carbocycles. The smallest absolute Gasteiger partial charge is 0.243 e. The number of nitrogens with zero attached hydrogens (tertiary/aromatic N) is 4. The van der Waals surface area contributed by atoms with Gasteiger partial charge < -0.3 is 14.8 Å². The fourth-order valence-corrected chi connectivity index (χ4v) is 3.09. The van der Waals surface area contributed by atoms with E-state index in [1.54, 1.807) is 29.0 Å². The van der Waals surface area contributed by atoms with Crippen molar-refractivity contribution in [2.24, 2.45) is 0 Å². The molecule has 7 nitrogen and oxygen atoms in total. The number of halogens is 3. The lowest BCUT2D eigenvalue weighted by molar-refractivity contribution is 0.280. The maximum absolute atomic E-state index is 14.0. The molecule has 2 aromatic carbocycles. The highest BCUT2D eigenvalue weighted by Gasteiger charge is 2.15. The number of anilines is 1. The van der Waals surface area contributed by atoms with E-state index < -0.39 is 5.82 Å². The minimum absolute atomic E-state index is 0.0878. The number of ether oxygens (including phenoxy) is 2. The van der Waals surface area contributed by atoms with E-state index >= 15 is 0 Å². The summed E-state index contributed by atoms with van der Waals surface area (Å²) in [5.74, 6) is 0.751. The van der Waals surface area contributed by atoms with Gasteiger partial charge in [0.15, 0.2) is 11.5 Å². The van der Waals surface area contributed by atoms with Gasteiger partial charge in [0.25, 0.3) is 0 Å².